The van der Waals surface area contributed by atoms with Gasteiger partial charge in [0.15, 0.2) is 5.82 Å². The molecule has 0 spiro atoms. The van der Waals surface area contributed by atoms with Gasteiger partial charge in [-0.2, -0.15) is 5.10 Å². The normalized spacial score (nSPS) is 10.8. The Morgan fingerprint density at radius 1 is 1.29 bits per heavy atom. The van der Waals surface area contributed by atoms with Crippen molar-refractivity contribution in [2.45, 2.75) is 6.92 Å². The number of ether oxygens (including phenoxy) is 1. The number of aromatic nitrogens is 4. The first-order chi connectivity index (χ1) is 10.1. The minimum Gasteiger partial charge on any atom is -0.463 e. The molecule has 7 nitrogen and oxygen atoms in total. The number of aryl methyl sites for hydroxylation is 1. The van der Waals surface area contributed by atoms with Gasteiger partial charge in [-0.1, -0.05) is 0 Å². The van der Waals surface area contributed by atoms with Crippen molar-refractivity contribution in [2.24, 2.45) is 0 Å². The maximum atomic E-state index is 11.6. The maximum absolute atomic E-state index is 11.6. The Balaban J connectivity index is 2.20. The van der Waals surface area contributed by atoms with Gasteiger partial charge in [0.2, 0.25) is 5.82 Å². The van der Waals surface area contributed by atoms with Gasteiger partial charge in [-0.15, -0.1) is 0 Å². The molecule has 0 aliphatic heterocycles. The van der Waals surface area contributed by atoms with E-state index in [1.807, 2.05) is 6.07 Å². The Morgan fingerprint density at radius 3 is 2.86 bits per heavy atom. The van der Waals surface area contributed by atoms with Crippen LogP contribution in [0.3, 0.4) is 0 Å². The van der Waals surface area contributed by atoms with Crippen LogP contribution in [0.5, 0.6) is 0 Å². The van der Waals surface area contributed by atoms with Crippen LogP contribution in [0, 0.1) is 6.92 Å². The number of rotatable bonds is 2. The van der Waals surface area contributed by atoms with Gasteiger partial charge in [-0.05, 0) is 25.1 Å². The quantitative estimate of drug-likeness (QED) is 0.565. The number of esters is 1. The van der Waals surface area contributed by atoms with E-state index >= 15 is 0 Å². The Kier molecular flexibility index (Phi) is 3.02. The van der Waals surface area contributed by atoms with Crippen molar-refractivity contribution >= 4 is 22.6 Å². The number of anilines is 1. The number of fused-ring (bicyclic) bond motifs is 1. The van der Waals surface area contributed by atoms with Crippen LogP contribution in [-0.2, 0) is 4.74 Å². The lowest BCUT2D eigenvalue weighted by Gasteiger charge is -2.06. The van der Waals surface area contributed by atoms with Crippen LogP contribution in [-0.4, -0.2) is 32.8 Å². The summed E-state index contributed by atoms with van der Waals surface area (Å²) in [6.07, 6.45) is 1.71. The molecular formula is C14H13N5O2. The first-order valence-corrected chi connectivity index (χ1v) is 6.26. The molecule has 3 rings (SSSR count). The summed E-state index contributed by atoms with van der Waals surface area (Å²) in [4.78, 5) is 19.9. The van der Waals surface area contributed by atoms with Crippen LogP contribution in [0.2, 0.25) is 0 Å². The molecule has 0 atom stereocenters. The Morgan fingerprint density at radius 2 is 2.10 bits per heavy atom. The predicted octanol–water partition coefficient (Wildman–Crippen LogP) is 1.49. The molecule has 0 aliphatic carbocycles. The molecule has 1 aromatic carbocycles. The summed E-state index contributed by atoms with van der Waals surface area (Å²) in [6, 6.07) is 7.22. The number of methoxy groups -OCH3 is 1. The second kappa shape index (κ2) is 4.86. The smallest absolute Gasteiger partial charge is 0.376 e. The fourth-order valence-corrected chi connectivity index (χ4v) is 2.06. The van der Waals surface area contributed by atoms with Gasteiger partial charge in [0, 0.05) is 22.8 Å². The first kappa shape index (κ1) is 13.0. The molecule has 3 aromatic rings. The van der Waals surface area contributed by atoms with E-state index in [-0.39, 0.29) is 5.82 Å². The highest BCUT2D eigenvalue weighted by Gasteiger charge is 2.14. The average molecular weight is 283 g/mol. The van der Waals surface area contributed by atoms with Gasteiger partial charge in [-0.25, -0.2) is 19.4 Å². The van der Waals surface area contributed by atoms with Gasteiger partial charge in [0.25, 0.3) is 0 Å². The van der Waals surface area contributed by atoms with Crippen LogP contribution < -0.4 is 5.73 Å². The third-order valence-electron chi connectivity index (χ3n) is 3.02. The van der Waals surface area contributed by atoms with Crippen molar-refractivity contribution < 1.29 is 9.53 Å². The largest absolute Gasteiger partial charge is 0.463 e. The fourth-order valence-electron chi connectivity index (χ4n) is 2.06. The van der Waals surface area contributed by atoms with Gasteiger partial charge >= 0.3 is 5.97 Å². The van der Waals surface area contributed by atoms with Crippen molar-refractivity contribution in [1.29, 1.82) is 0 Å². The number of nitrogens with two attached hydrogens (primary N) is 1. The molecule has 0 saturated carbocycles. The van der Waals surface area contributed by atoms with E-state index in [1.54, 1.807) is 36.0 Å². The molecule has 0 saturated heterocycles. The topological polar surface area (TPSA) is 95.9 Å². The zero-order valence-electron chi connectivity index (χ0n) is 11.6. The first-order valence-electron chi connectivity index (χ1n) is 6.26. The Hall–Kier alpha value is -2.96. The molecule has 0 amide bonds. The van der Waals surface area contributed by atoms with E-state index in [0.29, 0.717) is 17.2 Å². The third kappa shape index (κ3) is 2.29. The number of hydrogen-bond donors (Lipinski definition) is 1. The highest BCUT2D eigenvalue weighted by Crippen LogP contribution is 2.20. The lowest BCUT2D eigenvalue weighted by atomic mass is 10.2. The minimum atomic E-state index is -0.587. The van der Waals surface area contributed by atoms with Crippen molar-refractivity contribution in [3.05, 3.63) is 42.0 Å². The lowest BCUT2D eigenvalue weighted by Crippen LogP contribution is -2.11. The SMILES string of the molecule is COC(=O)c1nc(C)cc(-n2ncc3ccc(N)cc32)n1. The van der Waals surface area contributed by atoms with Gasteiger partial charge in [0.05, 0.1) is 18.8 Å². The molecule has 0 fully saturated rings. The summed E-state index contributed by atoms with van der Waals surface area (Å²) in [5.74, 6) is -0.0977. The molecule has 0 bridgehead atoms. The van der Waals surface area contributed by atoms with E-state index in [4.69, 9.17) is 5.73 Å². The number of hydrogen-bond acceptors (Lipinski definition) is 6. The lowest BCUT2D eigenvalue weighted by molar-refractivity contribution is 0.0586. The number of carbonyl (C=O) groups is 1. The molecular weight excluding hydrogens is 270 g/mol. The highest BCUT2D eigenvalue weighted by molar-refractivity contribution is 5.86. The van der Waals surface area contributed by atoms with Crippen LogP contribution in [0.4, 0.5) is 5.69 Å². The van der Waals surface area contributed by atoms with Gasteiger partial charge < -0.3 is 10.5 Å². The molecule has 0 unspecified atom stereocenters. The number of benzene rings is 1. The molecule has 2 heterocycles. The zero-order valence-corrected chi connectivity index (χ0v) is 11.6. The second-order valence-electron chi connectivity index (χ2n) is 4.56. The van der Waals surface area contributed by atoms with Crippen LogP contribution in [0.25, 0.3) is 16.7 Å². The summed E-state index contributed by atoms with van der Waals surface area (Å²) >= 11 is 0. The molecule has 2 aromatic heterocycles. The fraction of sp³-hybridized carbons (Fsp3) is 0.143. The Bertz CT molecular complexity index is 840. The summed E-state index contributed by atoms with van der Waals surface area (Å²) in [7, 11) is 1.29. The molecule has 0 aliphatic rings. The summed E-state index contributed by atoms with van der Waals surface area (Å²) < 4.78 is 6.27. The number of nitrogen functional groups attached to an aromatic ring is 1. The second-order valence-corrected chi connectivity index (χ2v) is 4.56. The van der Waals surface area contributed by atoms with Gasteiger partial charge in [-0.3, -0.25) is 0 Å². The average Bonchev–Trinajstić information content (AvgIpc) is 2.88. The molecule has 106 valence electrons. The number of carbonyl (C=O) groups excluding carboxylic acids is 1. The summed E-state index contributed by atoms with van der Waals surface area (Å²) in [5.41, 5.74) is 7.90. The van der Waals surface area contributed by atoms with Crippen molar-refractivity contribution in [3.63, 3.8) is 0 Å². The number of nitrogens with zero attached hydrogens (tertiary/aromatic N) is 4. The van der Waals surface area contributed by atoms with Crippen molar-refractivity contribution in [3.8, 4) is 5.82 Å². The van der Waals surface area contributed by atoms with E-state index < -0.39 is 5.97 Å². The predicted molar refractivity (Wildman–Crippen MR) is 77.1 cm³/mol. The molecule has 21 heavy (non-hydrogen) atoms. The minimum absolute atomic E-state index is 0.0000491. The maximum Gasteiger partial charge on any atom is 0.376 e. The van der Waals surface area contributed by atoms with Gasteiger partial charge in [0.1, 0.15) is 0 Å². The van der Waals surface area contributed by atoms with E-state index in [0.717, 1.165) is 10.9 Å². The summed E-state index contributed by atoms with van der Waals surface area (Å²) in [6.45, 7) is 1.78. The van der Waals surface area contributed by atoms with Crippen LogP contribution >= 0.6 is 0 Å². The van der Waals surface area contributed by atoms with Crippen molar-refractivity contribution in [1.82, 2.24) is 19.7 Å². The summed E-state index contributed by atoms with van der Waals surface area (Å²) in [5, 5.41) is 5.22. The molecule has 0 radical (unpaired) electrons. The third-order valence-corrected chi connectivity index (χ3v) is 3.02. The molecule has 7 heteroatoms. The van der Waals surface area contributed by atoms with E-state index in [9.17, 15) is 4.79 Å². The van der Waals surface area contributed by atoms with E-state index in [2.05, 4.69) is 19.8 Å². The van der Waals surface area contributed by atoms with Crippen LogP contribution in [0.1, 0.15) is 16.3 Å². The zero-order chi connectivity index (χ0) is 15.0. The van der Waals surface area contributed by atoms with Crippen LogP contribution in [0.15, 0.2) is 30.5 Å². The van der Waals surface area contributed by atoms with E-state index in [1.165, 1.54) is 7.11 Å². The molecule has 2 N–H and O–H groups in total. The van der Waals surface area contributed by atoms with Crippen molar-refractivity contribution in [2.75, 3.05) is 12.8 Å². The highest BCUT2D eigenvalue weighted by atomic mass is 16.5. The Labute approximate surface area is 120 Å². The monoisotopic (exact) mass is 283 g/mol. The standard InChI is InChI=1S/C14H13N5O2/c1-8-5-12(18-13(17-8)14(20)21-2)19-11-6-10(15)4-3-9(11)7-16-19/h3-7H,15H2,1-2H3.